The number of pyridine rings is 1. The lowest BCUT2D eigenvalue weighted by atomic mass is 10.2. The number of aromatic nitrogens is 2. The minimum Gasteiger partial charge on any atom is -0.347 e. The molecule has 3 aromatic rings. The summed E-state index contributed by atoms with van der Waals surface area (Å²) >= 11 is 5.84. The van der Waals surface area contributed by atoms with Crippen molar-refractivity contribution in [3.05, 3.63) is 70.4 Å². The molecule has 0 aliphatic carbocycles. The van der Waals surface area contributed by atoms with Crippen LogP contribution in [0.5, 0.6) is 0 Å². The summed E-state index contributed by atoms with van der Waals surface area (Å²) < 4.78 is 15.0. The Kier molecular flexibility index (Phi) is 4.30. The first-order valence-electron chi connectivity index (χ1n) is 7.27. The topological polar surface area (TPSA) is 46.4 Å². The molecule has 4 nitrogen and oxygen atoms in total. The van der Waals surface area contributed by atoms with Crippen LogP contribution in [-0.2, 0) is 13.0 Å². The van der Waals surface area contributed by atoms with Crippen LogP contribution in [0.4, 0.5) is 4.39 Å². The molecule has 118 valence electrons. The van der Waals surface area contributed by atoms with E-state index in [1.807, 2.05) is 19.1 Å². The maximum atomic E-state index is 13.5. The summed E-state index contributed by atoms with van der Waals surface area (Å²) in [4.78, 5) is 16.9. The molecule has 0 aliphatic heterocycles. The highest BCUT2D eigenvalue weighted by atomic mass is 35.5. The van der Waals surface area contributed by atoms with Crippen LogP contribution >= 0.6 is 11.6 Å². The molecule has 1 amide bonds. The second-order valence-corrected chi connectivity index (χ2v) is 5.58. The van der Waals surface area contributed by atoms with Gasteiger partial charge in [0.05, 0.1) is 5.69 Å². The van der Waals surface area contributed by atoms with Gasteiger partial charge in [0.2, 0.25) is 0 Å². The number of halogens is 2. The minimum atomic E-state index is -0.413. The number of hydrogen-bond acceptors (Lipinski definition) is 2. The number of amides is 1. The highest BCUT2D eigenvalue weighted by Gasteiger charge is 2.18. The Balaban J connectivity index is 1.87. The molecule has 0 atom stereocenters. The van der Waals surface area contributed by atoms with E-state index in [2.05, 4.69) is 10.3 Å². The first-order chi connectivity index (χ1) is 11.1. The van der Waals surface area contributed by atoms with Crippen molar-refractivity contribution in [1.29, 1.82) is 0 Å². The molecule has 0 saturated carbocycles. The molecule has 1 aromatic carbocycles. The zero-order valence-corrected chi connectivity index (χ0v) is 13.3. The third kappa shape index (κ3) is 3.19. The van der Waals surface area contributed by atoms with Crippen LogP contribution in [0.3, 0.4) is 0 Å². The monoisotopic (exact) mass is 331 g/mol. The van der Waals surface area contributed by atoms with E-state index in [0.717, 1.165) is 5.56 Å². The molecule has 0 aliphatic rings. The third-order valence-corrected chi connectivity index (χ3v) is 3.82. The number of aryl methyl sites for hydroxylation is 1. The van der Waals surface area contributed by atoms with E-state index in [-0.39, 0.29) is 5.91 Å². The normalized spacial score (nSPS) is 10.9. The van der Waals surface area contributed by atoms with Gasteiger partial charge in [0.15, 0.2) is 0 Å². The number of nitrogens with one attached hydrogen (secondary N) is 1. The maximum Gasteiger partial charge on any atom is 0.270 e. The highest BCUT2D eigenvalue weighted by molar-refractivity contribution is 6.30. The van der Waals surface area contributed by atoms with Crippen molar-refractivity contribution in [1.82, 2.24) is 14.7 Å². The van der Waals surface area contributed by atoms with Crippen molar-refractivity contribution in [2.75, 3.05) is 0 Å². The first kappa shape index (κ1) is 15.5. The summed E-state index contributed by atoms with van der Waals surface area (Å²) in [6.45, 7) is 2.27. The molecule has 2 aromatic heterocycles. The maximum absolute atomic E-state index is 13.5. The summed E-state index contributed by atoms with van der Waals surface area (Å²) in [6.07, 6.45) is 1.87. The number of fused-ring (bicyclic) bond motifs is 1. The lowest BCUT2D eigenvalue weighted by molar-refractivity contribution is 0.0944. The molecular weight excluding hydrogens is 317 g/mol. The molecule has 0 spiro atoms. The Morgan fingerprint density at radius 3 is 2.70 bits per heavy atom. The second kappa shape index (κ2) is 6.38. The predicted molar refractivity (Wildman–Crippen MR) is 87.2 cm³/mol. The van der Waals surface area contributed by atoms with Gasteiger partial charge in [0.1, 0.15) is 17.2 Å². The van der Waals surface area contributed by atoms with Gasteiger partial charge in [-0.3, -0.25) is 9.20 Å². The highest BCUT2D eigenvalue weighted by Crippen LogP contribution is 2.15. The Labute approximate surface area is 137 Å². The fourth-order valence-corrected chi connectivity index (χ4v) is 2.55. The third-order valence-electron chi connectivity index (χ3n) is 3.57. The molecule has 0 fully saturated rings. The molecule has 23 heavy (non-hydrogen) atoms. The van der Waals surface area contributed by atoms with Crippen molar-refractivity contribution in [2.45, 2.75) is 19.9 Å². The average molecular weight is 332 g/mol. The lowest BCUT2D eigenvalue weighted by Crippen LogP contribution is -2.25. The van der Waals surface area contributed by atoms with Crippen LogP contribution in [-0.4, -0.2) is 15.3 Å². The van der Waals surface area contributed by atoms with E-state index in [4.69, 9.17) is 11.6 Å². The van der Waals surface area contributed by atoms with E-state index in [1.54, 1.807) is 18.2 Å². The van der Waals surface area contributed by atoms with E-state index in [9.17, 15) is 9.18 Å². The molecule has 2 heterocycles. The van der Waals surface area contributed by atoms with Crippen LogP contribution in [0.1, 0.15) is 28.7 Å². The number of nitrogens with zero attached hydrogens (tertiary/aromatic N) is 2. The Morgan fingerprint density at radius 2 is 2.00 bits per heavy atom. The molecule has 3 rings (SSSR count). The molecule has 0 bridgehead atoms. The minimum absolute atomic E-state index is 0.282. The summed E-state index contributed by atoms with van der Waals surface area (Å²) in [5.41, 5.74) is 2.50. The smallest absolute Gasteiger partial charge is 0.270 e. The number of imidazole rings is 1. The van der Waals surface area contributed by atoms with Gasteiger partial charge in [-0.25, -0.2) is 9.37 Å². The van der Waals surface area contributed by atoms with Crippen molar-refractivity contribution in [3.63, 3.8) is 0 Å². The van der Waals surface area contributed by atoms with Crippen molar-refractivity contribution in [2.24, 2.45) is 0 Å². The molecule has 1 N–H and O–H groups in total. The molecular formula is C17H15ClFN3O. The standard InChI is InChI=1S/C17H15ClFN3O/c1-2-14-16(22-10-13(19)7-8-15(22)21-14)17(23)20-9-11-3-5-12(18)6-4-11/h3-8,10H,2,9H2,1H3,(H,20,23). The number of benzene rings is 1. The van der Waals surface area contributed by atoms with Gasteiger partial charge in [-0.1, -0.05) is 30.7 Å². The van der Waals surface area contributed by atoms with Crippen molar-refractivity contribution in [3.8, 4) is 0 Å². The Morgan fingerprint density at radius 1 is 1.26 bits per heavy atom. The number of hydrogen-bond donors (Lipinski definition) is 1. The molecule has 0 radical (unpaired) electrons. The van der Waals surface area contributed by atoms with Gasteiger partial charge in [0, 0.05) is 17.8 Å². The summed E-state index contributed by atoms with van der Waals surface area (Å²) in [5, 5.41) is 3.49. The van der Waals surface area contributed by atoms with Crippen LogP contribution in [0.2, 0.25) is 5.02 Å². The summed E-state index contributed by atoms with van der Waals surface area (Å²) in [5.74, 6) is -0.695. The SMILES string of the molecule is CCc1nc2ccc(F)cn2c1C(=O)NCc1ccc(Cl)cc1. The second-order valence-electron chi connectivity index (χ2n) is 5.15. The van der Waals surface area contributed by atoms with Crippen LogP contribution in [0.15, 0.2) is 42.6 Å². The van der Waals surface area contributed by atoms with Gasteiger partial charge in [0.25, 0.3) is 5.91 Å². The fraction of sp³-hybridized carbons (Fsp3) is 0.176. The first-order valence-corrected chi connectivity index (χ1v) is 7.65. The molecule has 0 unspecified atom stereocenters. The van der Waals surface area contributed by atoms with Crippen molar-refractivity contribution < 1.29 is 9.18 Å². The zero-order valence-electron chi connectivity index (χ0n) is 12.5. The van der Waals surface area contributed by atoms with Crippen LogP contribution < -0.4 is 5.32 Å². The van der Waals surface area contributed by atoms with Crippen LogP contribution in [0, 0.1) is 5.82 Å². The quantitative estimate of drug-likeness (QED) is 0.793. The van der Waals surface area contributed by atoms with E-state index in [0.29, 0.717) is 35.0 Å². The Bertz CT molecular complexity index is 858. The Hall–Kier alpha value is -2.40. The number of carbonyl (C=O) groups excluding carboxylic acids is 1. The predicted octanol–water partition coefficient (Wildman–Crippen LogP) is 3.62. The van der Waals surface area contributed by atoms with Gasteiger partial charge in [-0.2, -0.15) is 0 Å². The lowest BCUT2D eigenvalue weighted by Gasteiger charge is -2.07. The largest absolute Gasteiger partial charge is 0.347 e. The van der Waals surface area contributed by atoms with Crippen molar-refractivity contribution >= 4 is 23.2 Å². The van der Waals surface area contributed by atoms with Gasteiger partial charge in [-0.05, 0) is 36.2 Å². The number of carbonyl (C=O) groups is 1. The number of rotatable bonds is 4. The fourth-order valence-electron chi connectivity index (χ4n) is 2.42. The average Bonchev–Trinajstić information content (AvgIpc) is 2.91. The van der Waals surface area contributed by atoms with Gasteiger partial charge in [-0.15, -0.1) is 0 Å². The van der Waals surface area contributed by atoms with Gasteiger partial charge < -0.3 is 5.32 Å². The summed E-state index contributed by atoms with van der Waals surface area (Å²) in [7, 11) is 0. The summed E-state index contributed by atoms with van der Waals surface area (Å²) in [6, 6.07) is 10.1. The van der Waals surface area contributed by atoms with Gasteiger partial charge >= 0.3 is 0 Å². The molecule has 6 heteroatoms. The zero-order chi connectivity index (χ0) is 16.4. The molecule has 0 saturated heterocycles. The van der Waals surface area contributed by atoms with Crippen LogP contribution in [0.25, 0.3) is 5.65 Å². The van der Waals surface area contributed by atoms with E-state index < -0.39 is 5.82 Å². The van der Waals surface area contributed by atoms with E-state index >= 15 is 0 Å². The van der Waals surface area contributed by atoms with E-state index in [1.165, 1.54) is 16.7 Å².